The van der Waals surface area contributed by atoms with Gasteiger partial charge in [-0.1, -0.05) is 217 Å². The van der Waals surface area contributed by atoms with E-state index in [2.05, 4.69) is 10.0 Å². The van der Waals surface area contributed by atoms with Gasteiger partial charge in [-0.25, -0.2) is 0 Å². The van der Waals surface area contributed by atoms with Crippen molar-refractivity contribution in [2.45, 2.75) is 114 Å². The van der Waals surface area contributed by atoms with Crippen LogP contribution < -0.4 is 0 Å². The van der Waals surface area contributed by atoms with Gasteiger partial charge in [-0.2, -0.15) is 0 Å². The van der Waals surface area contributed by atoms with Crippen LogP contribution in [-0.2, 0) is 88.9 Å². The van der Waals surface area contributed by atoms with Gasteiger partial charge in [0.15, 0.2) is 6.29 Å². The van der Waals surface area contributed by atoms with Gasteiger partial charge in [-0.05, 0) is 44.5 Å². The zero-order valence-electron chi connectivity index (χ0n) is 41.2. The SMILES string of the molecule is [N-]=[N+]=N[C@H]1[C@@H](O[C@@H]2[C@@H](O)[C@@H](OCc3ccccc3)[C@@H](OCc3ccccc3)[C@H](OCc3ccccc3)[C@H]2OCc2ccccc2)O[C@H](COCc2ccccc2)[C@@H](OCc2ccccc2)[C@@H]1OCc1ccccc1. The highest BCUT2D eigenvalue weighted by atomic mass is 16.7. The van der Waals surface area contributed by atoms with Gasteiger partial charge < -0.3 is 47.7 Å². The lowest BCUT2D eigenvalue weighted by molar-refractivity contribution is -0.338. The van der Waals surface area contributed by atoms with Crippen LogP contribution in [0, 0.1) is 0 Å². The van der Waals surface area contributed by atoms with Gasteiger partial charge in [0, 0.05) is 4.91 Å². The maximum Gasteiger partial charge on any atom is 0.169 e. The molecule has 0 aromatic heterocycles. The molecule has 13 heteroatoms. The third-order valence-corrected chi connectivity index (χ3v) is 13.2. The maximum atomic E-state index is 13.1. The molecule has 74 heavy (non-hydrogen) atoms. The molecule has 9 rings (SSSR count). The van der Waals surface area contributed by atoms with Crippen LogP contribution in [0.15, 0.2) is 217 Å². The molecule has 11 atom stereocenters. The van der Waals surface area contributed by atoms with Crippen LogP contribution in [0.3, 0.4) is 0 Å². The molecule has 13 nitrogen and oxygen atoms in total. The Bertz CT molecular complexity index is 2710. The molecule has 1 saturated heterocycles. The Hall–Kier alpha value is -6.55. The summed E-state index contributed by atoms with van der Waals surface area (Å²) in [5, 5.41) is 17.5. The molecule has 2 fully saturated rings. The number of nitrogens with zero attached hydrogens (tertiary/aromatic N) is 3. The van der Waals surface area contributed by atoms with E-state index < -0.39 is 67.3 Å². The molecule has 1 saturated carbocycles. The van der Waals surface area contributed by atoms with E-state index in [4.69, 9.17) is 42.6 Å². The summed E-state index contributed by atoms with van der Waals surface area (Å²) in [5.74, 6) is 0. The number of hydrogen-bond acceptors (Lipinski definition) is 11. The molecule has 1 heterocycles. The quantitative estimate of drug-likeness (QED) is 0.0333. The van der Waals surface area contributed by atoms with Crippen molar-refractivity contribution >= 4 is 0 Å². The van der Waals surface area contributed by atoms with Crippen molar-refractivity contribution in [3.05, 3.63) is 262 Å². The number of rotatable bonds is 25. The van der Waals surface area contributed by atoms with Crippen LogP contribution in [0.4, 0.5) is 0 Å². The summed E-state index contributed by atoms with van der Waals surface area (Å²) < 4.78 is 62.0. The van der Waals surface area contributed by atoms with E-state index in [0.29, 0.717) is 0 Å². The lowest BCUT2D eigenvalue weighted by Crippen LogP contribution is -2.69. The summed E-state index contributed by atoms with van der Waals surface area (Å²) in [6.45, 7) is 1.31. The lowest BCUT2D eigenvalue weighted by Gasteiger charge is -2.51. The summed E-state index contributed by atoms with van der Waals surface area (Å²) >= 11 is 0. The Morgan fingerprint density at radius 1 is 0.378 bits per heavy atom. The van der Waals surface area contributed by atoms with E-state index in [-0.39, 0.29) is 52.9 Å². The Morgan fingerprint density at radius 2 is 0.676 bits per heavy atom. The fourth-order valence-electron chi connectivity index (χ4n) is 9.39. The minimum absolute atomic E-state index is 0.0462. The zero-order valence-corrected chi connectivity index (χ0v) is 41.2. The molecule has 2 aliphatic rings. The molecule has 0 amide bonds. The molecule has 0 bridgehead atoms. The van der Waals surface area contributed by atoms with Gasteiger partial charge in [-0.3, -0.25) is 0 Å². The molecule has 1 aliphatic heterocycles. The van der Waals surface area contributed by atoms with Crippen molar-refractivity contribution in [3.8, 4) is 0 Å². The van der Waals surface area contributed by atoms with Crippen molar-refractivity contribution in [1.82, 2.24) is 0 Å². The highest BCUT2D eigenvalue weighted by molar-refractivity contribution is 5.20. The van der Waals surface area contributed by atoms with E-state index in [1.807, 2.05) is 212 Å². The fourth-order valence-corrected chi connectivity index (χ4v) is 9.39. The summed E-state index contributed by atoms with van der Waals surface area (Å²) in [7, 11) is 0. The monoisotopic (exact) mass is 997 g/mol. The average Bonchev–Trinajstić information content (AvgIpc) is 3.46. The van der Waals surface area contributed by atoms with Gasteiger partial charge in [0.05, 0.1) is 52.9 Å². The Morgan fingerprint density at radius 3 is 1.04 bits per heavy atom. The Balaban J connectivity index is 1.11. The number of azide groups is 1. The first-order valence-corrected chi connectivity index (χ1v) is 25.2. The third kappa shape index (κ3) is 14.6. The second kappa shape index (κ2) is 27.7. The maximum absolute atomic E-state index is 13.1. The van der Waals surface area contributed by atoms with Crippen LogP contribution in [0.2, 0.25) is 0 Å². The summed E-state index contributed by atoms with van der Waals surface area (Å²) in [5.41, 5.74) is 16.8. The van der Waals surface area contributed by atoms with Crippen LogP contribution in [-0.4, -0.2) is 79.0 Å². The van der Waals surface area contributed by atoms with E-state index in [9.17, 15) is 10.6 Å². The van der Waals surface area contributed by atoms with Gasteiger partial charge >= 0.3 is 0 Å². The van der Waals surface area contributed by atoms with Gasteiger partial charge in [0.1, 0.15) is 61.0 Å². The molecule has 1 aliphatic carbocycles. The number of hydrogen-bond donors (Lipinski definition) is 1. The minimum Gasteiger partial charge on any atom is -0.387 e. The van der Waals surface area contributed by atoms with Crippen LogP contribution >= 0.6 is 0 Å². The zero-order chi connectivity index (χ0) is 50.6. The normalized spacial score (nSPS) is 24.7. The van der Waals surface area contributed by atoms with E-state index in [0.717, 1.165) is 38.9 Å². The summed E-state index contributed by atoms with van der Waals surface area (Å²) in [4.78, 5) is 3.36. The molecule has 0 radical (unpaired) electrons. The number of ether oxygens (including phenoxy) is 9. The second-order valence-electron chi connectivity index (χ2n) is 18.4. The predicted molar refractivity (Wildman–Crippen MR) is 279 cm³/mol. The second-order valence-corrected chi connectivity index (χ2v) is 18.4. The summed E-state index contributed by atoms with van der Waals surface area (Å²) in [6.07, 6.45) is -10.5. The van der Waals surface area contributed by atoms with Crippen molar-refractivity contribution < 1.29 is 47.7 Å². The molecule has 0 unspecified atom stereocenters. The minimum atomic E-state index is -1.42. The standard InChI is InChI=1S/C61H63N3O10/c62-64-63-52-55(68-38-46-26-12-3-13-27-46)54(67-37-45-24-10-2-11-25-45)51(43-66-36-44-22-8-1-9-23-44)73-61(52)74-57-53(65)56(69-39-47-28-14-4-15-29-47)58(70-40-48-30-16-5-17-31-48)60(72-42-50-34-20-7-21-35-50)59(57)71-41-49-32-18-6-19-33-49/h1-35,51-61,65H,36-43H2/t51-,52-,53+,54-,55-,56-,57-,58-,59+,60+,61-/m1/s1. The number of benzene rings is 7. The van der Waals surface area contributed by atoms with Gasteiger partial charge in [0.25, 0.3) is 0 Å². The molecule has 0 spiro atoms. The Kier molecular flexibility index (Phi) is 19.6. The Labute approximate surface area is 433 Å². The number of aliphatic hydroxyl groups excluding tert-OH is 1. The molecular formula is C61H63N3O10. The smallest absolute Gasteiger partial charge is 0.169 e. The first-order valence-electron chi connectivity index (χ1n) is 25.2. The average molecular weight is 998 g/mol. The molecule has 1 N–H and O–H groups in total. The highest BCUT2D eigenvalue weighted by Crippen LogP contribution is 2.38. The third-order valence-electron chi connectivity index (χ3n) is 13.2. The molecule has 382 valence electrons. The van der Waals surface area contributed by atoms with Crippen molar-refractivity contribution in [1.29, 1.82) is 0 Å². The van der Waals surface area contributed by atoms with E-state index >= 15 is 0 Å². The molecule has 7 aromatic carbocycles. The highest BCUT2D eigenvalue weighted by Gasteiger charge is 2.57. The molecule has 7 aromatic rings. The van der Waals surface area contributed by atoms with Crippen molar-refractivity contribution in [2.24, 2.45) is 5.11 Å². The van der Waals surface area contributed by atoms with Crippen LogP contribution in [0.5, 0.6) is 0 Å². The van der Waals surface area contributed by atoms with Crippen molar-refractivity contribution in [2.75, 3.05) is 6.61 Å². The molecular weight excluding hydrogens is 935 g/mol. The lowest BCUT2D eigenvalue weighted by atomic mass is 9.83. The van der Waals surface area contributed by atoms with Gasteiger partial charge in [0.2, 0.25) is 0 Å². The number of aliphatic hydroxyl groups is 1. The fraction of sp³-hybridized carbons (Fsp3) is 0.311. The van der Waals surface area contributed by atoms with E-state index in [1.54, 1.807) is 0 Å². The summed E-state index contributed by atoms with van der Waals surface area (Å²) in [6, 6.07) is 67.4. The first kappa shape index (κ1) is 52.3. The van der Waals surface area contributed by atoms with Crippen LogP contribution in [0.25, 0.3) is 10.4 Å². The van der Waals surface area contributed by atoms with Crippen molar-refractivity contribution in [3.63, 3.8) is 0 Å². The topological polar surface area (TPSA) is 152 Å². The van der Waals surface area contributed by atoms with E-state index in [1.165, 1.54) is 0 Å². The predicted octanol–water partition coefficient (Wildman–Crippen LogP) is 10.9. The van der Waals surface area contributed by atoms with Gasteiger partial charge in [-0.15, -0.1) is 0 Å². The van der Waals surface area contributed by atoms with Crippen LogP contribution in [0.1, 0.15) is 38.9 Å². The largest absolute Gasteiger partial charge is 0.387 e. The first-order chi connectivity index (χ1) is 36.6.